The molecule has 4 heteroatoms. The van der Waals surface area contributed by atoms with Crippen molar-refractivity contribution in [3.8, 4) is 0 Å². The molecule has 0 aromatic heterocycles. The lowest BCUT2D eigenvalue weighted by molar-refractivity contribution is 0.0705. The van der Waals surface area contributed by atoms with Crippen molar-refractivity contribution in [3.05, 3.63) is 35.4 Å². The summed E-state index contributed by atoms with van der Waals surface area (Å²) in [5, 5.41) is 3.66. The van der Waals surface area contributed by atoms with E-state index in [4.69, 9.17) is 0 Å². The van der Waals surface area contributed by atoms with Crippen molar-refractivity contribution in [2.24, 2.45) is 5.92 Å². The molecule has 2 aliphatic rings. The Morgan fingerprint density at radius 1 is 1.14 bits per heavy atom. The van der Waals surface area contributed by atoms with E-state index in [0.717, 1.165) is 43.8 Å². The molecule has 1 heterocycles. The molecular weight excluding hydrogens is 296 g/mol. The quantitative estimate of drug-likeness (QED) is 0.902. The zero-order valence-corrected chi connectivity index (χ0v) is 14.2. The maximum Gasteiger partial charge on any atom is 0.253 e. The summed E-state index contributed by atoms with van der Waals surface area (Å²) in [6.07, 6.45) is 6.00. The van der Waals surface area contributed by atoms with Gasteiger partial charge in [-0.25, -0.2) is 0 Å². The molecule has 0 unspecified atom stereocenters. The van der Waals surface area contributed by atoms with Gasteiger partial charge in [0.15, 0.2) is 0 Å². The van der Waals surface area contributed by atoms with Crippen LogP contribution in [0, 0.1) is 5.92 Å². The summed E-state index contributed by atoms with van der Waals surface area (Å²) in [6, 6.07) is 8.68. The van der Waals surface area contributed by atoms with Crippen molar-refractivity contribution in [1.29, 1.82) is 0 Å². The maximum atomic E-state index is 12.5. The number of aryl methyl sites for hydroxylation is 1. The number of benzene rings is 1. The molecule has 0 bridgehead atoms. The first-order valence-electron chi connectivity index (χ1n) is 8.38. The van der Waals surface area contributed by atoms with Gasteiger partial charge in [0.2, 0.25) is 0 Å². The minimum Gasteiger partial charge on any atom is -0.339 e. The van der Waals surface area contributed by atoms with Gasteiger partial charge in [-0.2, -0.15) is 0 Å². The van der Waals surface area contributed by atoms with Crippen molar-refractivity contribution in [2.45, 2.75) is 45.1 Å². The zero-order chi connectivity index (χ0) is 14.7. The van der Waals surface area contributed by atoms with Crippen molar-refractivity contribution in [1.82, 2.24) is 10.2 Å². The second-order valence-electron chi connectivity index (χ2n) is 6.47. The van der Waals surface area contributed by atoms with Gasteiger partial charge in [-0.15, -0.1) is 12.4 Å². The molecule has 3 rings (SSSR count). The van der Waals surface area contributed by atoms with Crippen LogP contribution in [0.25, 0.3) is 0 Å². The molecule has 22 heavy (non-hydrogen) atoms. The largest absolute Gasteiger partial charge is 0.339 e. The lowest BCUT2D eigenvalue weighted by Crippen LogP contribution is -2.45. The highest BCUT2D eigenvalue weighted by Crippen LogP contribution is 2.28. The molecule has 1 amide bonds. The average Bonchev–Trinajstić information content (AvgIpc) is 3.37. The Hall–Kier alpha value is -1.06. The van der Waals surface area contributed by atoms with Crippen LogP contribution in [0.5, 0.6) is 0 Å². The van der Waals surface area contributed by atoms with Gasteiger partial charge in [0.25, 0.3) is 5.91 Å². The van der Waals surface area contributed by atoms with Gasteiger partial charge in [-0.1, -0.05) is 19.1 Å². The second kappa shape index (κ2) is 7.98. The summed E-state index contributed by atoms with van der Waals surface area (Å²) in [6.45, 7) is 5.08. The molecule has 1 aromatic carbocycles. The Bertz CT molecular complexity index is 476. The van der Waals surface area contributed by atoms with Crippen LogP contribution in [0.2, 0.25) is 0 Å². The minimum absolute atomic E-state index is 0. The molecule has 1 aliphatic heterocycles. The van der Waals surface area contributed by atoms with Crippen LogP contribution >= 0.6 is 12.4 Å². The van der Waals surface area contributed by atoms with E-state index < -0.39 is 0 Å². The molecule has 2 fully saturated rings. The van der Waals surface area contributed by atoms with Crippen LogP contribution in [0.1, 0.15) is 48.5 Å². The van der Waals surface area contributed by atoms with Gasteiger partial charge in [0.05, 0.1) is 0 Å². The molecule has 1 N–H and O–H groups in total. The Morgan fingerprint density at radius 2 is 1.77 bits per heavy atom. The van der Waals surface area contributed by atoms with Crippen LogP contribution in [0.15, 0.2) is 24.3 Å². The van der Waals surface area contributed by atoms with E-state index in [9.17, 15) is 4.79 Å². The Morgan fingerprint density at radius 3 is 2.32 bits per heavy atom. The van der Waals surface area contributed by atoms with Crippen LogP contribution in [0.4, 0.5) is 0 Å². The fourth-order valence-electron chi connectivity index (χ4n) is 3.01. The number of hydrogen-bond acceptors (Lipinski definition) is 2. The summed E-state index contributed by atoms with van der Waals surface area (Å²) >= 11 is 0. The lowest BCUT2D eigenvalue weighted by Gasteiger charge is -2.32. The van der Waals surface area contributed by atoms with E-state index in [1.165, 1.54) is 24.9 Å². The highest BCUT2D eigenvalue weighted by atomic mass is 35.5. The average molecular weight is 323 g/mol. The second-order valence-corrected chi connectivity index (χ2v) is 6.47. The molecule has 1 aromatic rings. The predicted octanol–water partition coefficient (Wildman–Crippen LogP) is 3.28. The van der Waals surface area contributed by atoms with E-state index in [0.29, 0.717) is 6.04 Å². The molecule has 1 aliphatic carbocycles. The van der Waals surface area contributed by atoms with Crippen LogP contribution in [0.3, 0.4) is 0 Å². The summed E-state index contributed by atoms with van der Waals surface area (Å²) < 4.78 is 0. The number of hydrogen-bond donors (Lipinski definition) is 1. The van der Waals surface area contributed by atoms with Gasteiger partial charge < -0.3 is 10.2 Å². The Kier molecular flexibility index (Phi) is 6.27. The Balaban J connectivity index is 0.00000176. The van der Waals surface area contributed by atoms with E-state index in [1.54, 1.807) is 0 Å². The molecular formula is C18H27ClN2O. The summed E-state index contributed by atoms with van der Waals surface area (Å²) in [4.78, 5) is 14.5. The molecule has 0 radical (unpaired) electrons. The topological polar surface area (TPSA) is 32.3 Å². The first kappa shape index (κ1) is 17.3. The molecule has 1 saturated carbocycles. The van der Waals surface area contributed by atoms with Crippen LogP contribution in [-0.4, -0.2) is 36.5 Å². The first-order valence-corrected chi connectivity index (χ1v) is 8.38. The van der Waals surface area contributed by atoms with E-state index in [2.05, 4.69) is 24.4 Å². The van der Waals surface area contributed by atoms with Crippen LogP contribution in [-0.2, 0) is 6.42 Å². The van der Waals surface area contributed by atoms with Gasteiger partial charge >= 0.3 is 0 Å². The monoisotopic (exact) mass is 322 g/mol. The normalized spacial score (nSPS) is 18.9. The van der Waals surface area contributed by atoms with Crippen molar-refractivity contribution < 1.29 is 4.79 Å². The molecule has 122 valence electrons. The summed E-state index contributed by atoms with van der Waals surface area (Å²) in [5.74, 6) is 1.13. The van der Waals surface area contributed by atoms with E-state index >= 15 is 0 Å². The van der Waals surface area contributed by atoms with E-state index in [1.807, 2.05) is 17.0 Å². The molecule has 3 nitrogen and oxygen atoms in total. The minimum atomic E-state index is 0. The van der Waals surface area contributed by atoms with Crippen LogP contribution < -0.4 is 5.32 Å². The van der Waals surface area contributed by atoms with Gasteiger partial charge in [-0.05, 0) is 62.3 Å². The van der Waals surface area contributed by atoms with E-state index in [-0.39, 0.29) is 18.3 Å². The van der Waals surface area contributed by atoms with Crippen molar-refractivity contribution >= 4 is 18.3 Å². The fraction of sp³-hybridized carbons (Fsp3) is 0.611. The highest BCUT2D eigenvalue weighted by Gasteiger charge is 2.26. The summed E-state index contributed by atoms with van der Waals surface area (Å²) in [7, 11) is 0. The number of rotatable bonds is 5. The third-order valence-corrected chi connectivity index (χ3v) is 4.78. The predicted molar refractivity (Wildman–Crippen MR) is 92.7 cm³/mol. The highest BCUT2D eigenvalue weighted by molar-refractivity contribution is 5.94. The molecule has 0 spiro atoms. The van der Waals surface area contributed by atoms with Crippen molar-refractivity contribution in [2.75, 3.05) is 19.6 Å². The smallest absolute Gasteiger partial charge is 0.253 e. The Labute approximate surface area is 139 Å². The van der Waals surface area contributed by atoms with Gasteiger partial charge in [-0.3, -0.25) is 4.79 Å². The fourth-order valence-corrected chi connectivity index (χ4v) is 3.01. The van der Waals surface area contributed by atoms with Crippen molar-refractivity contribution in [3.63, 3.8) is 0 Å². The first-order chi connectivity index (χ1) is 10.3. The molecule has 0 atom stereocenters. The maximum absolute atomic E-state index is 12.5. The number of likely N-dealkylation sites (tertiary alicyclic amines) is 1. The number of carbonyl (C=O) groups is 1. The zero-order valence-electron chi connectivity index (χ0n) is 13.4. The van der Waals surface area contributed by atoms with Gasteiger partial charge in [0, 0.05) is 24.7 Å². The number of nitrogens with zero attached hydrogens (tertiary/aromatic N) is 1. The third-order valence-electron chi connectivity index (χ3n) is 4.78. The number of piperidine rings is 1. The number of amides is 1. The lowest BCUT2D eigenvalue weighted by atomic mass is 10.0. The number of nitrogens with one attached hydrogen (secondary N) is 1. The summed E-state index contributed by atoms with van der Waals surface area (Å²) in [5.41, 5.74) is 2.12. The standard InChI is InChI=1S/C18H26N2O.ClH/c1-2-14-5-7-16(8-6-14)18(21)20-11-9-17(10-12-20)19-13-15-3-4-15;/h5-8,15,17,19H,2-4,9-13H2,1H3;1H. The SMILES string of the molecule is CCc1ccc(C(=O)N2CCC(NCC3CC3)CC2)cc1.Cl. The third kappa shape index (κ3) is 4.47. The van der Waals surface area contributed by atoms with Gasteiger partial charge in [0.1, 0.15) is 0 Å². The molecule has 1 saturated heterocycles. The number of halogens is 1. The number of carbonyl (C=O) groups excluding carboxylic acids is 1.